The molecule has 0 fully saturated rings. The first-order valence-electron chi connectivity index (χ1n) is 8.12. The summed E-state index contributed by atoms with van der Waals surface area (Å²) in [6.45, 7) is 7.64. The van der Waals surface area contributed by atoms with Crippen LogP contribution in [-0.2, 0) is 17.9 Å². The van der Waals surface area contributed by atoms with Gasteiger partial charge in [0.15, 0.2) is 0 Å². The van der Waals surface area contributed by atoms with Gasteiger partial charge in [0.2, 0.25) is 5.91 Å². The van der Waals surface area contributed by atoms with Crippen molar-refractivity contribution in [3.63, 3.8) is 0 Å². The Bertz CT molecular complexity index is 557. The zero-order valence-corrected chi connectivity index (χ0v) is 14.1. The number of carbonyl (C=O) groups excluding carboxylic acids is 1. The summed E-state index contributed by atoms with van der Waals surface area (Å²) in [5.74, 6) is 1.06. The van der Waals surface area contributed by atoms with E-state index in [0.29, 0.717) is 31.3 Å². The van der Waals surface area contributed by atoms with E-state index in [1.54, 1.807) is 18.6 Å². The first-order chi connectivity index (χ1) is 11.1. The van der Waals surface area contributed by atoms with E-state index >= 15 is 0 Å². The van der Waals surface area contributed by atoms with E-state index in [4.69, 9.17) is 0 Å². The average Bonchev–Trinajstić information content (AvgIpc) is 2.56. The average molecular weight is 311 g/mol. The van der Waals surface area contributed by atoms with Crippen LogP contribution >= 0.6 is 0 Å². The summed E-state index contributed by atoms with van der Waals surface area (Å²) in [6.07, 6.45) is 7.67. The zero-order chi connectivity index (χ0) is 16.7. The first kappa shape index (κ1) is 17.1. The van der Waals surface area contributed by atoms with Gasteiger partial charge in [-0.3, -0.25) is 14.8 Å². The molecule has 2 aromatic heterocycles. The molecule has 4 nitrogen and oxygen atoms in total. The SMILES string of the molecule is CC(C)C(C)CC(=O)N(Cc1ccncc1)Cc1cccnc1. The fourth-order valence-electron chi connectivity index (χ4n) is 2.29. The summed E-state index contributed by atoms with van der Waals surface area (Å²) < 4.78 is 0. The molecule has 0 aliphatic rings. The van der Waals surface area contributed by atoms with Crippen molar-refractivity contribution < 1.29 is 4.79 Å². The molecule has 1 unspecified atom stereocenters. The highest BCUT2D eigenvalue weighted by Crippen LogP contribution is 2.18. The third-order valence-electron chi connectivity index (χ3n) is 4.21. The van der Waals surface area contributed by atoms with Crippen molar-refractivity contribution >= 4 is 5.91 Å². The lowest BCUT2D eigenvalue weighted by atomic mass is 9.94. The summed E-state index contributed by atoms with van der Waals surface area (Å²) in [4.78, 5) is 22.8. The molecule has 0 saturated heterocycles. The Labute approximate surface area is 138 Å². The van der Waals surface area contributed by atoms with E-state index in [1.807, 2.05) is 35.4 Å². The summed E-state index contributed by atoms with van der Waals surface area (Å²) in [6, 6.07) is 7.82. The highest BCUT2D eigenvalue weighted by Gasteiger charge is 2.19. The molecule has 2 aromatic rings. The van der Waals surface area contributed by atoms with Crippen LogP contribution in [0.15, 0.2) is 49.1 Å². The molecular weight excluding hydrogens is 286 g/mol. The second-order valence-electron chi connectivity index (χ2n) is 6.39. The van der Waals surface area contributed by atoms with Crippen LogP contribution in [0.25, 0.3) is 0 Å². The van der Waals surface area contributed by atoms with Gasteiger partial charge in [-0.25, -0.2) is 0 Å². The molecule has 2 heterocycles. The van der Waals surface area contributed by atoms with Gasteiger partial charge in [-0.1, -0.05) is 26.8 Å². The maximum Gasteiger partial charge on any atom is 0.223 e. The topological polar surface area (TPSA) is 46.1 Å². The molecular formula is C19H25N3O. The van der Waals surface area contributed by atoms with Gasteiger partial charge in [0.05, 0.1) is 0 Å². The lowest BCUT2D eigenvalue weighted by Gasteiger charge is -2.25. The quantitative estimate of drug-likeness (QED) is 0.783. The fourth-order valence-corrected chi connectivity index (χ4v) is 2.29. The van der Waals surface area contributed by atoms with Gasteiger partial charge in [-0.15, -0.1) is 0 Å². The molecule has 4 heteroatoms. The van der Waals surface area contributed by atoms with Gasteiger partial charge in [0, 0.05) is 44.3 Å². The van der Waals surface area contributed by atoms with Gasteiger partial charge >= 0.3 is 0 Å². The Balaban J connectivity index is 2.11. The molecule has 0 aromatic carbocycles. The van der Waals surface area contributed by atoms with Crippen LogP contribution in [0.3, 0.4) is 0 Å². The number of pyridine rings is 2. The number of hydrogen-bond donors (Lipinski definition) is 0. The minimum atomic E-state index is 0.187. The Kier molecular flexibility index (Phi) is 6.27. The van der Waals surface area contributed by atoms with Crippen molar-refractivity contribution in [1.82, 2.24) is 14.9 Å². The smallest absolute Gasteiger partial charge is 0.223 e. The van der Waals surface area contributed by atoms with Crippen LogP contribution in [0.2, 0.25) is 0 Å². The number of amides is 1. The molecule has 0 radical (unpaired) electrons. The Hall–Kier alpha value is -2.23. The molecule has 0 N–H and O–H groups in total. The number of hydrogen-bond acceptors (Lipinski definition) is 3. The third-order valence-corrected chi connectivity index (χ3v) is 4.21. The minimum absolute atomic E-state index is 0.187. The number of rotatable bonds is 7. The Morgan fingerprint density at radius 3 is 2.30 bits per heavy atom. The lowest BCUT2D eigenvalue weighted by Crippen LogP contribution is -2.32. The molecule has 0 bridgehead atoms. The minimum Gasteiger partial charge on any atom is -0.334 e. The normalized spacial score (nSPS) is 12.2. The Morgan fingerprint density at radius 1 is 1.00 bits per heavy atom. The number of carbonyl (C=O) groups is 1. The summed E-state index contributed by atoms with van der Waals surface area (Å²) in [5.41, 5.74) is 2.14. The molecule has 2 rings (SSSR count). The van der Waals surface area contributed by atoms with Crippen molar-refractivity contribution in [1.29, 1.82) is 0 Å². The number of nitrogens with zero attached hydrogens (tertiary/aromatic N) is 3. The molecule has 0 aliphatic heterocycles. The first-order valence-corrected chi connectivity index (χ1v) is 8.12. The van der Waals surface area contributed by atoms with Crippen molar-refractivity contribution in [2.75, 3.05) is 0 Å². The van der Waals surface area contributed by atoms with Crippen LogP contribution in [0.1, 0.15) is 38.3 Å². The van der Waals surface area contributed by atoms with E-state index in [0.717, 1.165) is 11.1 Å². The van der Waals surface area contributed by atoms with Gasteiger partial charge in [-0.05, 0) is 41.2 Å². The van der Waals surface area contributed by atoms with E-state index < -0.39 is 0 Å². The molecule has 0 saturated carbocycles. The molecule has 0 aliphatic carbocycles. The van der Waals surface area contributed by atoms with E-state index in [1.165, 1.54) is 0 Å². The van der Waals surface area contributed by atoms with Gasteiger partial charge in [0.1, 0.15) is 0 Å². The van der Waals surface area contributed by atoms with Crippen LogP contribution in [-0.4, -0.2) is 20.8 Å². The molecule has 1 atom stereocenters. The van der Waals surface area contributed by atoms with Crippen LogP contribution in [0, 0.1) is 11.8 Å². The fraction of sp³-hybridized carbons (Fsp3) is 0.421. The van der Waals surface area contributed by atoms with Crippen LogP contribution in [0.4, 0.5) is 0 Å². The second-order valence-corrected chi connectivity index (χ2v) is 6.39. The molecule has 23 heavy (non-hydrogen) atoms. The maximum absolute atomic E-state index is 12.8. The summed E-state index contributed by atoms with van der Waals surface area (Å²) >= 11 is 0. The van der Waals surface area contributed by atoms with Crippen LogP contribution < -0.4 is 0 Å². The van der Waals surface area contributed by atoms with Gasteiger partial charge in [-0.2, -0.15) is 0 Å². The third kappa shape index (κ3) is 5.47. The standard InChI is InChI=1S/C19H25N3O/c1-15(2)16(3)11-19(23)22(13-17-6-9-20-10-7-17)14-18-5-4-8-21-12-18/h4-10,12,15-16H,11,13-14H2,1-3H3. The van der Waals surface area contributed by atoms with Gasteiger partial charge in [0.25, 0.3) is 0 Å². The van der Waals surface area contributed by atoms with Crippen molar-refractivity contribution in [3.8, 4) is 0 Å². The van der Waals surface area contributed by atoms with Crippen molar-refractivity contribution in [2.24, 2.45) is 11.8 Å². The predicted octanol–water partition coefficient (Wildman–Crippen LogP) is 3.69. The lowest BCUT2D eigenvalue weighted by molar-refractivity contribution is -0.133. The van der Waals surface area contributed by atoms with E-state index in [9.17, 15) is 4.79 Å². The second kappa shape index (κ2) is 8.42. The van der Waals surface area contributed by atoms with E-state index in [2.05, 4.69) is 30.7 Å². The summed E-state index contributed by atoms with van der Waals surface area (Å²) in [7, 11) is 0. The van der Waals surface area contributed by atoms with E-state index in [-0.39, 0.29) is 5.91 Å². The molecule has 1 amide bonds. The van der Waals surface area contributed by atoms with Crippen molar-refractivity contribution in [3.05, 3.63) is 60.2 Å². The zero-order valence-electron chi connectivity index (χ0n) is 14.1. The number of aromatic nitrogens is 2. The monoisotopic (exact) mass is 311 g/mol. The van der Waals surface area contributed by atoms with Crippen molar-refractivity contribution in [2.45, 2.75) is 40.3 Å². The van der Waals surface area contributed by atoms with Gasteiger partial charge < -0.3 is 4.90 Å². The molecule has 0 spiro atoms. The highest BCUT2D eigenvalue weighted by atomic mass is 16.2. The Morgan fingerprint density at radius 2 is 1.70 bits per heavy atom. The molecule has 122 valence electrons. The maximum atomic E-state index is 12.8. The largest absolute Gasteiger partial charge is 0.334 e. The summed E-state index contributed by atoms with van der Waals surface area (Å²) in [5, 5.41) is 0. The predicted molar refractivity (Wildman–Crippen MR) is 91.3 cm³/mol. The highest BCUT2D eigenvalue weighted by molar-refractivity contribution is 5.76. The van der Waals surface area contributed by atoms with Crippen LogP contribution in [0.5, 0.6) is 0 Å².